The van der Waals surface area contributed by atoms with Crippen molar-refractivity contribution in [2.75, 3.05) is 47.4 Å². The third-order valence-corrected chi connectivity index (χ3v) is 13.2. The lowest BCUT2D eigenvalue weighted by atomic mass is 9.80. The Kier molecular flexibility index (Phi) is 7.23. The molecule has 12 heteroatoms. The van der Waals surface area contributed by atoms with Gasteiger partial charge in [-0.3, -0.25) is 14.4 Å². The first-order chi connectivity index (χ1) is 22.9. The molecule has 2 aromatic carbocycles. The Labute approximate surface area is 281 Å². The molecule has 1 N–H and O–H groups in total. The quantitative estimate of drug-likeness (QED) is 0.422. The molecule has 3 aromatic rings. The van der Waals surface area contributed by atoms with E-state index in [1.807, 2.05) is 21.9 Å². The number of nitrogens with one attached hydrogen (secondary N) is 1. The van der Waals surface area contributed by atoms with Crippen LogP contribution >= 0.6 is 0 Å². The predicted octanol–water partition coefficient (Wildman–Crippen LogP) is 4.03. The zero-order chi connectivity index (χ0) is 33.7. The van der Waals surface area contributed by atoms with Crippen LogP contribution in [0.3, 0.4) is 0 Å². The Balaban J connectivity index is 1.30. The van der Waals surface area contributed by atoms with Gasteiger partial charge in [-0.15, -0.1) is 0 Å². The fourth-order valence-electron chi connectivity index (χ4n) is 9.27. The van der Waals surface area contributed by atoms with Crippen LogP contribution in [0.25, 0.3) is 22.2 Å². The van der Waals surface area contributed by atoms with Gasteiger partial charge in [0.25, 0.3) is 5.91 Å². The molecule has 4 atom stereocenters. The van der Waals surface area contributed by atoms with Crippen LogP contribution in [0, 0.1) is 11.8 Å². The number of amides is 3. The number of hydrogen-bond donors (Lipinski definition) is 1. The zero-order valence-corrected chi connectivity index (χ0v) is 28.8. The van der Waals surface area contributed by atoms with Crippen molar-refractivity contribution in [2.45, 2.75) is 62.8 Å². The van der Waals surface area contributed by atoms with Crippen LogP contribution in [0.2, 0.25) is 0 Å². The Morgan fingerprint density at radius 1 is 0.938 bits per heavy atom. The highest BCUT2D eigenvalue weighted by atomic mass is 32.2. The van der Waals surface area contributed by atoms with Crippen molar-refractivity contribution in [3.63, 3.8) is 0 Å². The first kappa shape index (κ1) is 31.4. The maximum Gasteiger partial charge on any atom is 0.303 e. The summed E-state index contributed by atoms with van der Waals surface area (Å²) in [6, 6.07) is 11.6. The van der Waals surface area contributed by atoms with Crippen molar-refractivity contribution >= 4 is 38.8 Å². The van der Waals surface area contributed by atoms with Gasteiger partial charge in [0.05, 0.1) is 18.3 Å². The van der Waals surface area contributed by atoms with Gasteiger partial charge < -0.3 is 19.1 Å². The van der Waals surface area contributed by atoms with E-state index in [4.69, 9.17) is 4.74 Å². The minimum Gasteiger partial charge on any atom is -0.497 e. The summed E-state index contributed by atoms with van der Waals surface area (Å²) in [4.78, 5) is 44.5. The second-order valence-corrected chi connectivity index (χ2v) is 16.6. The molecule has 11 nitrogen and oxygen atoms in total. The largest absolute Gasteiger partial charge is 0.497 e. The molecule has 3 aliphatic heterocycles. The van der Waals surface area contributed by atoms with Crippen LogP contribution in [-0.2, 0) is 25.3 Å². The standard InChI is InChI=1S/C36H43N5O6S/c1-21(42)39-17-24-19-40(20-25(24)18-39)35(44)36-16-30(36)29-15-26(47-4)11-13-27(29)33-32(22-8-6-5-7-9-22)28-12-10-23(14-31(28)41(33)36)34(43)37-48(45,46)38(2)3/h10-15,22,24-25,30H,5-9,16-20H2,1-4H3,(H,37,43). The van der Waals surface area contributed by atoms with Crippen LogP contribution in [0.4, 0.5) is 0 Å². The Morgan fingerprint density at radius 3 is 2.27 bits per heavy atom. The lowest BCUT2D eigenvalue weighted by Gasteiger charge is -2.34. The molecular weight excluding hydrogens is 630 g/mol. The second kappa shape index (κ2) is 11.1. The highest BCUT2D eigenvalue weighted by Crippen LogP contribution is 2.67. The number of likely N-dealkylation sites (tertiary alicyclic amines) is 2. The predicted molar refractivity (Wildman–Crippen MR) is 181 cm³/mol. The van der Waals surface area contributed by atoms with E-state index in [1.165, 1.54) is 26.1 Å². The van der Waals surface area contributed by atoms with Gasteiger partial charge in [0.2, 0.25) is 11.8 Å². The summed E-state index contributed by atoms with van der Waals surface area (Å²) < 4.78 is 36.3. The van der Waals surface area contributed by atoms with Crippen LogP contribution in [0.5, 0.6) is 5.75 Å². The highest BCUT2D eigenvalue weighted by Gasteiger charge is 2.68. The monoisotopic (exact) mass is 673 g/mol. The van der Waals surface area contributed by atoms with Gasteiger partial charge in [-0.1, -0.05) is 25.3 Å². The summed E-state index contributed by atoms with van der Waals surface area (Å²) in [7, 11) is 0.408. The summed E-state index contributed by atoms with van der Waals surface area (Å²) in [6.07, 6.45) is 6.20. The number of ether oxygens (including phenoxy) is 1. The maximum absolute atomic E-state index is 15.1. The summed E-state index contributed by atoms with van der Waals surface area (Å²) in [5, 5.41) is 1.01. The number of benzene rings is 2. The molecule has 2 aliphatic carbocycles. The molecule has 2 saturated carbocycles. The molecule has 4 fully saturated rings. The summed E-state index contributed by atoms with van der Waals surface area (Å²) >= 11 is 0. The van der Waals surface area contributed by atoms with E-state index in [2.05, 4.69) is 21.4 Å². The van der Waals surface area contributed by atoms with Crippen molar-refractivity contribution in [1.29, 1.82) is 0 Å². The normalized spacial score (nSPS) is 26.2. The van der Waals surface area contributed by atoms with Crippen molar-refractivity contribution in [2.24, 2.45) is 11.8 Å². The van der Waals surface area contributed by atoms with E-state index >= 15 is 4.79 Å². The molecule has 1 aromatic heterocycles. The van der Waals surface area contributed by atoms with E-state index < -0.39 is 21.7 Å². The topological polar surface area (TPSA) is 121 Å². The molecule has 0 spiro atoms. The fourth-order valence-corrected chi connectivity index (χ4v) is 9.80. The molecule has 5 aliphatic rings. The first-order valence-corrected chi connectivity index (χ1v) is 18.5. The van der Waals surface area contributed by atoms with Crippen LogP contribution in [0.15, 0.2) is 36.4 Å². The molecule has 0 bridgehead atoms. The van der Waals surface area contributed by atoms with Gasteiger partial charge in [-0.25, -0.2) is 4.72 Å². The van der Waals surface area contributed by atoms with E-state index in [0.29, 0.717) is 38.5 Å². The Bertz CT molecular complexity index is 1970. The number of carbonyl (C=O) groups is 3. The number of methoxy groups -OCH3 is 1. The molecule has 8 rings (SSSR count). The maximum atomic E-state index is 15.1. The second-order valence-electron chi connectivity index (χ2n) is 14.7. The lowest BCUT2D eigenvalue weighted by Crippen LogP contribution is -2.44. The SMILES string of the molecule is COc1ccc2c(c1)C1CC1(C(=O)N1CC3CN(C(C)=O)CC3C1)n1c-2c(C2CCCCC2)c2ccc(C(=O)NS(=O)(=O)N(C)C)cc21. The van der Waals surface area contributed by atoms with E-state index in [1.54, 1.807) is 26.2 Å². The fraction of sp³-hybridized carbons (Fsp3) is 0.528. The van der Waals surface area contributed by atoms with Crippen LogP contribution < -0.4 is 9.46 Å². The molecule has 4 heterocycles. The van der Waals surface area contributed by atoms with Crippen molar-refractivity contribution in [3.8, 4) is 17.0 Å². The van der Waals surface area contributed by atoms with Gasteiger partial charge in [0, 0.05) is 81.5 Å². The summed E-state index contributed by atoms with van der Waals surface area (Å²) in [5.41, 5.74) is 4.61. The Morgan fingerprint density at radius 2 is 1.62 bits per heavy atom. The lowest BCUT2D eigenvalue weighted by molar-refractivity contribution is -0.135. The van der Waals surface area contributed by atoms with E-state index in [9.17, 15) is 18.0 Å². The van der Waals surface area contributed by atoms with Crippen molar-refractivity contribution in [3.05, 3.63) is 53.1 Å². The summed E-state index contributed by atoms with van der Waals surface area (Å²) in [6.45, 7) is 4.20. The highest BCUT2D eigenvalue weighted by molar-refractivity contribution is 7.87. The number of hydrogen-bond acceptors (Lipinski definition) is 6. The number of carbonyl (C=O) groups excluding carboxylic acids is 3. The zero-order valence-electron chi connectivity index (χ0n) is 28.0. The van der Waals surface area contributed by atoms with Crippen molar-refractivity contribution in [1.82, 2.24) is 23.4 Å². The molecule has 3 amide bonds. The van der Waals surface area contributed by atoms with Crippen LogP contribution in [0.1, 0.15) is 78.8 Å². The third kappa shape index (κ3) is 4.62. The van der Waals surface area contributed by atoms with Gasteiger partial charge in [0.15, 0.2) is 0 Å². The molecule has 2 saturated heterocycles. The van der Waals surface area contributed by atoms with E-state index in [0.717, 1.165) is 63.5 Å². The average molecular weight is 674 g/mol. The molecule has 254 valence electrons. The molecule has 48 heavy (non-hydrogen) atoms. The third-order valence-electron chi connectivity index (χ3n) is 11.8. The summed E-state index contributed by atoms with van der Waals surface area (Å²) in [5.74, 6) is 0.958. The Hall–Kier alpha value is -3.90. The van der Waals surface area contributed by atoms with Gasteiger partial charge in [0.1, 0.15) is 11.3 Å². The van der Waals surface area contributed by atoms with Gasteiger partial charge in [-0.05, 0) is 66.6 Å². The number of fused-ring (bicyclic) bond motifs is 9. The minimum absolute atomic E-state index is 0.0711. The molecule has 4 unspecified atom stereocenters. The number of rotatable bonds is 6. The van der Waals surface area contributed by atoms with Gasteiger partial charge >= 0.3 is 10.2 Å². The van der Waals surface area contributed by atoms with Crippen molar-refractivity contribution < 1.29 is 27.5 Å². The van der Waals surface area contributed by atoms with Gasteiger partial charge in [-0.2, -0.15) is 12.7 Å². The van der Waals surface area contributed by atoms with E-state index in [-0.39, 0.29) is 35.1 Å². The average Bonchev–Trinajstić information content (AvgIpc) is 3.32. The van der Waals surface area contributed by atoms with Crippen LogP contribution in [-0.4, -0.2) is 92.2 Å². The molecule has 0 radical (unpaired) electrons. The first-order valence-electron chi connectivity index (χ1n) is 17.1. The minimum atomic E-state index is -4.00. The number of aromatic nitrogens is 1. The smallest absolute Gasteiger partial charge is 0.303 e. The molecular formula is C36H43N5O6S. The number of nitrogens with zero attached hydrogens (tertiary/aromatic N) is 4.